The smallest absolute Gasteiger partial charge is 0.0626 e. The highest BCUT2D eigenvalue weighted by molar-refractivity contribution is 4.77. The zero-order valence-corrected chi connectivity index (χ0v) is 10.3. The van der Waals surface area contributed by atoms with Crippen LogP contribution in [-0.4, -0.2) is 68.3 Å². The summed E-state index contributed by atoms with van der Waals surface area (Å²) in [7, 11) is 1.70. The summed E-state index contributed by atoms with van der Waals surface area (Å²) >= 11 is 0. The van der Waals surface area contributed by atoms with Crippen molar-refractivity contribution in [3.63, 3.8) is 0 Å². The number of piperazine rings is 1. The van der Waals surface area contributed by atoms with E-state index >= 15 is 0 Å². The Morgan fingerprint density at radius 1 is 1.20 bits per heavy atom. The summed E-state index contributed by atoms with van der Waals surface area (Å²) < 4.78 is 5.04. The van der Waals surface area contributed by atoms with Crippen molar-refractivity contribution in [1.29, 1.82) is 0 Å². The molecule has 0 aromatic heterocycles. The molecule has 15 heavy (non-hydrogen) atoms. The van der Waals surface area contributed by atoms with Crippen molar-refractivity contribution in [3.8, 4) is 0 Å². The second-order valence-corrected chi connectivity index (χ2v) is 4.65. The van der Waals surface area contributed by atoms with Gasteiger partial charge < -0.3 is 10.5 Å². The van der Waals surface area contributed by atoms with Gasteiger partial charge >= 0.3 is 0 Å². The zero-order chi connectivity index (χ0) is 11.3. The number of hydrogen-bond donors (Lipinski definition) is 1. The van der Waals surface area contributed by atoms with Crippen molar-refractivity contribution >= 4 is 0 Å². The van der Waals surface area contributed by atoms with Crippen molar-refractivity contribution in [2.45, 2.75) is 25.9 Å². The van der Waals surface area contributed by atoms with Crippen LogP contribution in [0.15, 0.2) is 0 Å². The van der Waals surface area contributed by atoms with E-state index < -0.39 is 0 Å². The fraction of sp³-hybridized carbons (Fsp3) is 1.00. The molecular formula is C11H25N3O. The molecule has 1 saturated heterocycles. The van der Waals surface area contributed by atoms with E-state index in [-0.39, 0.29) is 6.04 Å². The van der Waals surface area contributed by atoms with Gasteiger partial charge in [0.2, 0.25) is 0 Å². The standard InChI is InChI=1S/C11H25N3O/c1-10(2)14-6-4-13(5-7-14)8-11(12)9-15-3/h10-11H,4-9,12H2,1-3H3. The SMILES string of the molecule is COCC(N)CN1CCN(C(C)C)CC1. The van der Waals surface area contributed by atoms with E-state index in [1.165, 1.54) is 0 Å². The molecule has 0 amide bonds. The average Bonchev–Trinajstić information content (AvgIpc) is 2.18. The summed E-state index contributed by atoms with van der Waals surface area (Å²) in [5.74, 6) is 0. The Labute approximate surface area is 93.4 Å². The normalized spacial score (nSPS) is 22.2. The van der Waals surface area contributed by atoms with Crippen LogP contribution in [0, 0.1) is 0 Å². The van der Waals surface area contributed by atoms with Crippen LogP contribution in [-0.2, 0) is 4.74 Å². The van der Waals surface area contributed by atoms with Gasteiger partial charge in [-0.25, -0.2) is 0 Å². The van der Waals surface area contributed by atoms with Crippen molar-refractivity contribution < 1.29 is 4.74 Å². The first-order valence-corrected chi connectivity index (χ1v) is 5.84. The Hall–Kier alpha value is -0.160. The Kier molecular flexibility index (Phi) is 5.53. The minimum Gasteiger partial charge on any atom is -0.383 e. The van der Waals surface area contributed by atoms with E-state index in [0.717, 1.165) is 32.7 Å². The first-order chi connectivity index (χ1) is 7.13. The second kappa shape index (κ2) is 6.43. The summed E-state index contributed by atoms with van der Waals surface area (Å²) in [6.07, 6.45) is 0. The molecular weight excluding hydrogens is 190 g/mol. The third-order valence-electron chi connectivity index (χ3n) is 3.01. The maximum atomic E-state index is 5.93. The largest absolute Gasteiger partial charge is 0.383 e. The van der Waals surface area contributed by atoms with Crippen LogP contribution in [0.2, 0.25) is 0 Å². The summed E-state index contributed by atoms with van der Waals surface area (Å²) in [6.45, 7) is 10.7. The van der Waals surface area contributed by atoms with Crippen LogP contribution in [0.25, 0.3) is 0 Å². The van der Waals surface area contributed by atoms with Crippen molar-refractivity contribution in [2.24, 2.45) is 5.73 Å². The molecule has 0 radical (unpaired) electrons. The lowest BCUT2D eigenvalue weighted by Gasteiger charge is -2.37. The molecule has 0 aromatic carbocycles. The van der Waals surface area contributed by atoms with Gasteiger partial charge in [-0.05, 0) is 13.8 Å². The Bertz CT molecular complexity index is 167. The quantitative estimate of drug-likeness (QED) is 0.700. The van der Waals surface area contributed by atoms with Crippen LogP contribution in [0.1, 0.15) is 13.8 Å². The summed E-state index contributed by atoms with van der Waals surface area (Å²) in [4.78, 5) is 4.95. The fourth-order valence-electron chi connectivity index (χ4n) is 2.06. The van der Waals surface area contributed by atoms with Gasteiger partial charge in [-0.3, -0.25) is 9.80 Å². The highest BCUT2D eigenvalue weighted by Gasteiger charge is 2.19. The molecule has 2 N–H and O–H groups in total. The van der Waals surface area contributed by atoms with Crippen molar-refractivity contribution in [3.05, 3.63) is 0 Å². The summed E-state index contributed by atoms with van der Waals surface area (Å²) in [6, 6.07) is 0.820. The number of methoxy groups -OCH3 is 1. The van der Waals surface area contributed by atoms with Crippen LogP contribution in [0.5, 0.6) is 0 Å². The Balaban J connectivity index is 2.19. The lowest BCUT2D eigenvalue weighted by atomic mass is 10.2. The van der Waals surface area contributed by atoms with E-state index in [1.807, 2.05) is 0 Å². The number of ether oxygens (including phenoxy) is 1. The first kappa shape index (κ1) is 12.9. The topological polar surface area (TPSA) is 41.7 Å². The molecule has 90 valence electrons. The maximum absolute atomic E-state index is 5.93. The predicted molar refractivity (Wildman–Crippen MR) is 63.0 cm³/mol. The minimum absolute atomic E-state index is 0.153. The van der Waals surface area contributed by atoms with Gasteiger partial charge in [-0.2, -0.15) is 0 Å². The molecule has 1 unspecified atom stereocenters. The van der Waals surface area contributed by atoms with Crippen LogP contribution in [0.4, 0.5) is 0 Å². The fourth-order valence-corrected chi connectivity index (χ4v) is 2.06. The molecule has 1 rings (SSSR count). The van der Waals surface area contributed by atoms with E-state index in [1.54, 1.807) is 7.11 Å². The van der Waals surface area contributed by atoms with Crippen molar-refractivity contribution in [2.75, 3.05) is 46.4 Å². The maximum Gasteiger partial charge on any atom is 0.0626 e. The molecule has 0 aliphatic carbocycles. The van der Waals surface area contributed by atoms with E-state index in [2.05, 4.69) is 23.6 Å². The third kappa shape index (κ3) is 4.47. The highest BCUT2D eigenvalue weighted by atomic mass is 16.5. The molecule has 1 heterocycles. The van der Waals surface area contributed by atoms with Gasteiger partial charge in [-0.1, -0.05) is 0 Å². The number of hydrogen-bond acceptors (Lipinski definition) is 4. The molecule has 1 aliphatic rings. The van der Waals surface area contributed by atoms with Gasteiger partial charge in [0.15, 0.2) is 0 Å². The first-order valence-electron chi connectivity index (χ1n) is 5.84. The van der Waals surface area contributed by atoms with Crippen molar-refractivity contribution in [1.82, 2.24) is 9.80 Å². The molecule has 0 aromatic rings. The van der Waals surface area contributed by atoms with E-state index in [4.69, 9.17) is 10.5 Å². The van der Waals surface area contributed by atoms with Crippen LogP contribution in [0.3, 0.4) is 0 Å². The summed E-state index contributed by atoms with van der Waals surface area (Å²) in [5, 5.41) is 0. The van der Waals surface area contributed by atoms with Gasteiger partial charge in [0, 0.05) is 51.9 Å². The number of nitrogens with two attached hydrogens (primary N) is 1. The molecule has 4 nitrogen and oxygen atoms in total. The van der Waals surface area contributed by atoms with Gasteiger partial charge in [0.05, 0.1) is 6.61 Å². The lowest BCUT2D eigenvalue weighted by molar-refractivity contribution is 0.0911. The monoisotopic (exact) mass is 215 g/mol. The van der Waals surface area contributed by atoms with Gasteiger partial charge in [0.25, 0.3) is 0 Å². The van der Waals surface area contributed by atoms with Crippen LogP contribution >= 0.6 is 0 Å². The molecule has 4 heteroatoms. The molecule has 1 aliphatic heterocycles. The van der Waals surface area contributed by atoms with Gasteiger partial charge in [-0.15, -0.1) is 0 Å². The molecule has 0 saturated carbocycles. The molecule has 1 atom stereocenters. The lowest BCUT2D eigenvalue weighted by Crippen LogP contribution is -2.52. The predicted octanol–water partition coefficient (Wildman–Crippen LogP) is -0.0139. The molecule has 1 fully saturated rings. The Morgan fingerprint density at radius 3 is 2.27 bits per heavy atom. The van der Waals surface area contributed by atoms with Crippen LogP contribution < -0.4 is 5.73 Å². The summed E-state index contributed by atoms with van der Waals surface area (Å²) in [5.41, 5.74) is 5.93. The van der Waals surface area contributed by atoms with E-state index in [9.17, 15) is 0 Å². The Morgan fingerprint density at radius 2 is 1.80 bits per heavy atom. The number of nitrogens with zero attached hydrogens (tertiary/aromatic N) is 2. The highest BCUT2D eigenvalue weighted by Crippen LogP contribution is 2.05. The third-order valence-corrected chi connectivity index (χ3v) is 3.01. The number of rotatable bonds is 5. The minimum atomic E-state index is 0.153. The van der Waals surface area contributed by atoms with Gasteiger partial charge in [0.1, 0.15) is 0 Å². The molecule has 0 bridgehead atoms. The average molecular weight is 215 g/mol. The molecule has 0 spiro atoms. The van der Waals surface area contributed by atoms with E-state index in [0.29, 0.717) is 12.6 Å². The second-order valence-electron chi connectivity index (χ2n) is 4.65. The zero-order valence-electron chi connectivity index (χ0n) is 10.3.